The first-order valence-electron chi connectivity index (χ1n) is 8.39. The summed E-state index contributed by atoms with van der Waals surface area (Å²) in [6, 6.07) is 7.94. The number of aromatic carboxylic acids is 1. The molecule has 1 unspecified atom stereocenters. The van der Waals surface area contributed by atoms with Crippen LogP contribution < -0.4 is 15.0 Å². The van der Waals surface area contributed by atoms with Gasteiger partial charge in [-0.1, -0.05) is 6.07 Å². The molecule has 1 heterocycles. The van der Waals surface area contributed by atoms with Gasteiger partial charge in [-0.25, -0.2) is 4.79 Å². The molecule has 0 aromatic heterocycles. The van der Waals surface area contributed by atoms with Gasteiger partial charge < -0.3 is 15.2 Å². The quantitative estimate of drug-likeness (QED) is 0.810. The van der Waals surface area contributed by atoms with E-state index in [0.717, 1.165) is 23.1 Å². The van der Waals surface area contributed by atoms with Gasteiger partial charge in [-0.2, -0.15) is 13.2 Å². The normalized spacial score (nSPS) is 16.1. The third-order valence-corrected chi connectivity index (χ3v) is 4.19. The molecule has 0 fully saturated rings. The summed E-state index contributed by atoms with van der Waals surface area (Å²) in [6.07, 6.45) is -5.52. The van der Waals surface area contributed by atoms with Crippen LogP contribution in [0.5, 0.6) is 5.75 Å². The van der Waals surface area contributed by atoms with E-state index in [1.165, 1.54) is 31.2 Å². The lowest BCUT2D eigenvalue weighted by Gasteiger charge is -2.32. The zero-order valence-electron chi connectivity index (χ0n) is 15.0. The lowest BCUT2D eigenvalue weighted by molar-refractivity contribution is -0.137. The Hall–Kier alpha value is -3.56. The molecule has 2 aromatic rings. The Kier molecular flexibility index (Phi) is 5.19. The third kappa shape index (κ3) is 4.31. The monoisotopic (exact) mass is 408 g/mol. The van der Waals surface area contributed by atoms with Crippen LogP contribution in [0.1, 0.15) is 22.8 Å². The molecule has 0 radical (unpaired) electrons. The third-order valence-electron chi connectivity index (χ3n) is 4.19. The van der Waals surface area contributed by atoms with Gasteiger partial charge in [0.1, 0.15) is 12.3 Å². The van der Waals surface area contributed by atoms with E-state index in [0.29, 0.717) is 0 Å². The molecule has 2 N–H and O–H groups in total. The fourth-order valence-electron chi connectivity index (χ4n) is 2.82. The minimum absolute atomic E-state index is 0.0568. The largest absolute Gasteiger partial charge is 0.479 e. The van der Waals surface area contributed by atoms with Crippen LogP contribution in [-0.4, -0.2) is 35.5 Å². The van der Waals surface area contributed by atoms with E-state index in [1.54, 1.807) is 0 Å². The Labute approximate surface area is 162 Å². The molecule has 29 heavy (non-hydrogen) atoms. The van der Waals surface area contributed by atoms with Gasteiger partial charge in [0, 0.05) is 5.69 Å². The van der Waals surface area contributed by atoms with Gasteiger partial charge in [-0.15, -0.1) is 0 Å². The van der Waals surface area contributed by atoms with Gasteiger partial charge in [0.15, 0.2) is 6.10 Å². The van der Waals surface area contributed by atoms with Gasteiger partial charge in [-0.3, -0.25) is 14.5 Å². The van der Waals surface area contributed by atoms with Crippen LogP contribution in [0.3, 0.4) is 0 Å². The number of fused-ring (bicyclic) bond motifs is 1. The van der Waals surface area contributed by atoms with E-state index >= 15 is 0 Å². The number of alkyl halides is 3. The number of hydrogen-bond acceptors (Lipinski definition) is 4. The summed E-state index contributed by atoms with van der Waals surface area (Å²) in [5.41, 5.74) is -0.853. The van der Waals surface area contributed by atoms with Crippen molar-refractivity contribution in [1.29, 1.82) is 0 Å². The molecule has 2 amide bonds. The second kappa shape index (κ2) is 7.46. The second-order valence-electron chi connectivity index (χ2n) is 6.30. The Balaban J connectivity index is 1.82. The lowest BCUT2D eigenvalue weighted by Crippen LogP contribution is -2.47. The molecule has 3 rings (SSSR count). The predicted molar refractivity (Wildman–Crippen MR) is 95.9 cm³/mol. The van der Waals surface area contributed by atoms with Gasteiger partial charge in [-0.05, 0) is 43.3 Å². The van der Waals surface area contributed by atoms with Crippen molar-refractivity contribution in [3.63, 3.8) is 0 Å². The van der Waals surface area contributed by atoms with Crippen molar-refractivity contribution in [2.45, 2.75) is 19.2 Å². The lowest BCUT2D eigenvalue weighted by atomic mass is 10.1. The maximum absolute atomic E-state index is 12.8. The molecule has 1 aliphatic rings. The predicted octanol–water partition coefficient (Wildman–Crippen LogP) is 3.16. The van der Waals surface area contributed by atoms with Crippen LogP contribution in [0.4, 0.5) is 24.5 Å². The first-order chi connectivity index (χ1) is 13.6. The van der Waals surface area contributed by atoms with Crippen molar-refractivity contribution in [2.24, 2.45) is 0 Å². The number of halogens is 3. The minimum Gasteiger partial charge on any atom is -0.479 e. The number of carboxylic acid groups (broad SMARTS) is 1. The second-order valence-corrected chi connectivity index (χ2v) is 6.30. The fraction of sp³-hybridized carbons (Fsp3) is 0.211. The maximum atomic E-state index is 12.8. The molecule has 152 valence electrons. The molecule has 0 saturated carbocycles. The molecule has 1 atom stereocenters. The first-order valence-corrected chi connectivity index (χ1v) is 8.39. The number of rotatable bonds is 4. The van der Waals surface area contributed by atoms with Crippen LogP contribution in [0.25, 0.3) is 0 Å². The Bertz CT molecular complexity index is 990. The highest BCUT2D eigenvalue weighted by molar-refractivity contribution is 6.06. The van der Waals surface area contributed by atoms with E-state index in [1.807, 2.05) is 0 Å². The number of ether oxygens (including phenoxy) is 1. The maximum Gasteiger partial charge on any atom is 0.416 e. The molecule has 10 heteroatoms. The van der Waals surface area contributed by atoms with Crippen LogP contribution >= 0.6 is 0 Å². The van der Waals surface area contributed by atoms with E-state index < -0.39 is 42.2 Å². The molecular weight excluding hydrogens is 393 g/mol. The summed E-state index contributed by atoms with van der Waals surface area (Å²) in [6.45, 7) is 0.957. The highest BCUT2D eigenvalue weighted by Gasteiger charge is 2.34. The number of hydrogen-bond donors (Lipinski definition) is 2. The summed E-state index contributed by atoms with van der Waals surface area (Å²) in [5, 5.41) is 11.4. The van der Waals surface area contributed by atoms with E-state index in [2.05, 4.69) is 5.32 Å². The first kappa shape index (κ1) is 20.2. The Morgan fingerprint density at radius 3 is 2.59 bits per heavy atom. The molecular formula is C19H15F3N2O5. The number of anilines is 2. The van der Waals surface area contributed by atoms with Gasteiger partial charge in [0.2, 0.25) is 5.91 Å². The molecule has 0 saturated heterocycles. The van der Waals surface area contributed by atoms with Crippen LogP contribution in [0, 0.1) is 0 Å². The Morgan fingerprint density at radius 1 is 1.21 bits per heavy atom. The van der Waals surface area contributed by atoms with Crippen molar-refractivity contribution in [1.82, 2.24) is 0 Å². The highest BCUT2D eigenvalue weighted by Crippen LogP contribution is 2.35. The zero-order valence-corrected chi connectivity index (χ0v) is 15.0. The number of carbonyl (C=O) groups excluding carboxylic acids is 2. The summed E-state index contributed by atoms with van der Waals surface area (Å²) in [5.74, 6) is -2.33. The number of carbonyl (C=O) groups is 3. The van der Waals surface area contributed by atoms with Crippen LogP contribution in [0.2, 0.25) is 0 Å². The van der Waals surface area contributed by atoms with Crippen molar-refractivity contribution < 1.29 is 37.4 Å². The number of amides is 2. The summed E-state index contributed by atoms with van der Waals surface area (Å²) in [7, 11) is 0. The van der Waals surface area contributed by atoms with Crippen molar-refractivity contribution in [2.75, 3.05) is 16.8 Å². The summed E-state index contributed by atoms with van der Waals surface area (Å²) >= 11 is 0. The molecule has 7 nitrogen and oxygen atoms in total. The van der Waals surface area contributed by atoms with E-state index in [-0.39, 0.29) is 22.7 Å². The highest BCUT2D eigenvalue weighted by atomic mass is 19.4. The SMILES string of the molecule is CC1Oc2cc(C(=O)O)ccc2N(CC(=O)Nc2cccc(C(F)(F)F)c2)C1=O. The van der Waals surface area contributed by atoms with Gasteiger partial charge in [0.05, 0.1) is 16.8 Å². The average molecular weight is 408 g/mol. The molecule has 2 aromatic carbocycles. The molecule has 0 bridgehead atoms. The average Bonchev–Trinajstić information content (AvgIpc) is 2.64. The van der Waals surface area contributed by atoms with Crippen LogP contribution in [-0.2, 0) is 15.8 Å². The van der Waals surface area contributed by atoms with Crippen molar-refractivity contribution >= 4 is 29.2 Å². The smallest absolute Gasteiger partial charge is 0.416 e. The fourth-order valence-corrected chi connectivity index (χ4v) is 2.82. The number of nitrogens with one attached hydrogen (secondary N) is 1. The number of benzene rings is 2. The summed E-state index contributed by atoms with van der Waals surface area (Å²) < 4.78 is 43.8. The van der Waals surface area contributed by atoms with E-state index in [9.17, 15) is 27.6 Å². The standard InChI is InChI=1S/C19H15F3N2O5/c1-10-17(26)24(14-6-5-11(18(27)28)7-15(14)29-10)9-16(25)23-13-4-2-3-12(8-13)19(20,21)22/h2-8,10H,9H2,1H3,(H,23,25)(H,27,28). The zero-order chi connectivity index (χ0) is 21.3. The van der Waals surface area contributed by atoms with Crippen molar-refractivity contribution in [3.05, 3.63) is 53.6 Å². The molecule has 1 aliphatic heterocycles. The van der Waals surface area contributed by atoms with Gasteiger partial charge in [0.25, 0.3) is 5.91 Å². The van der Waals surface area contributed by atoms with Gasteiger partial charge >= 0.3 is 12.1 Å². The molecule has 0 aliphatic carbocycles. The molecule has 0 spiro atoms. The Morgan fingerprint density at radius 2 is 1.93 bits per heavy atom. The number of carboxylic acids is 1. The van der Waals surface area contributed by atoms with Crippen molar-refractivity contribution in [3.8, 4) is 5.75 Å². The number of nitrogens with zero attached hydrogens (tertiary/aromatic N) is 1. The van der Waals surface area contributed by atoms with Crippen LogP contribution in [0.15, 0.2) is 42.5 Å². The summed E-state index contributed by atoms with van der Waals surface area (Å²) in [4.78, 5) is 37.0. The van der Waals surface area contributed by atoms with E-state index in [4.69, 9.17) is 9.84 Å². The topological polar surface area (TPSA) is 95.9 Å². The minimum atomic E-state index is -4.56.